The van der Waals surface area contributed by atoms with Crippen molar-refractivity contribution in [3.8, 4) is 11.5 Å². The lowest BCUT2D eigenvalue weighted by atomic mass is 10.1. The van der Waals surface area contributed by atoms with Crippen LogP contribution in [0, 0.1) is 5.82 Å². The summed E-state index contributed by atoms with van der Waals surface area (Å²) in [5.74, 6) is 1.02. The molecule has 0 spiro atoms. The summed E-state index contributed by atoms with van der Waals surface area (Å²) in [6.45, 7) is 0.699. The van der Waals surface area contributed by atoms with Crippen LogP contribution in [0.15, 0.2) is 36.4 Å². The van der Waals surface area contributed by atoms with Crippen molar-refractivity contribution in [3.63, 3.8) is 0 Å². The highest BCUT2D eigenvalue weighted by atomic mass is 35.5. The number of nitrogens with two attached hydrogens (primary N) is 1. The second-order valence-corrected chi connectivity index (χ2v) is 4.94. The molecule has 2 aromatic carbocycles. The summed E-state index contributed by atoms with van der Waals surface area (Å²) in [5, 5.41) is 0.472. The highest BCUT2D eigenvalue weighted by Gasteiger charge is 2.08. The van der Waals surface area contributed by atoms with Gasteiger partial charge in [-0.1, -0.05) is 17.7 Å². The molecule has 21 heavy (non-hydrogen) atoms. The Hall–Kier alpha value is -1.78. The quantitative estimate of drug-likeness (QED) is 0.887. The Bertz CT molecular complexity index is 619. The van der Waals surface area contributed by atoms with E-state index in [1.165, 1.54) is 18.2 Å². The Morgan fingerprint density at radius 3 is 2.67 bits per heavy atom. The number of hydrogen-bond donors (Lipinski definition) is 1. The molecule has 0 aliphatic carbocycles. The van der Waals surface area contributed by atoms with Gasteiger partial charge in [0.1, 0.15) is 23.9 Å². The summed E-state index contributed by atoms with van der Waals surface area (Å²) in [5.41, 5.74) is 7.17. The van der Waals surface area contributed by atoms with E-state index in [0.717, 1.165) is 5.56 Å². The number of benzene rings is 2. The van der Waals surface area contributed by atoms with Crippen molar-refractivity contribution >= 4 is 11.6 Å². The standard InChI is InChI=1S/C16H17ClFNO2/c1-20-14-4-2-11(6-7-19)16(9-14)21-10-12-8-13(18)3-5-15(12)17/h2-5,8-9H,6-7,10,19H2,1H3. The molecule has 3 nitrogen and oxygen atoms in total. The van der Waals surface area contributed by atoms with Crippen molar-refractivity contribution in [2.45, 2.75) is 13.0 Å². The van der Waals surface area contributed by atoms with Gasteiger partial charge in [0.25, 0.3) is 0 Å². The Morgan fingerprint density at radius 1 is 1.14 bits per heavy atom. The molecule has 0 aliphatic rings. The topological polar surface area (TPSA) is 44.5 Å². The molecular weight excluding hydrogens is 293 g/mol. The average Bonchev–Trinajstić information content (AvgIpc) is 2.49. The zero-order chi connectivity index (χ0) is 15.2. The Morgan fingerprint density at radius 2 is 1.95 bits per heavy atom. The molecule has 0 radical (unpaired) electrons. The molecule has 0 aromatic heterocycles. The van der Waals surface area contributed by atoms with Crippen LogP contribution < -0.4 is 15.2 Å². The van der Waals surface area contributed by atoms with Gasteiger partial charge < -0.3 is 15.2 Å². The maximum absolute atomic E-state index is 13.2. The molecule has 2 aromatic rings. The summed E-state index contributed by atoms with van der Waals surface area (Å²) in [7, 11) is 1.59. The van der Waals surface area contributed by atoms with Crippen LogP contribution in [0.25, 0.3) is 0 Å². The first kappa shape index (κ1) is 15.6. The highest BCUT2D eigenvalue weighted by Crippen LogP contribution is 2.27. The fourth-order valence-corrected chi connectivity index (χ4v) is 2.14. The second-order valence-electron chi connectivity index (χ2n) is 4.54. The maximum Gasteiger partial charge on any atom is 0.126 e. The molecule has 0 aliphatic heterocycles. The molecule has 0 unspecified atom stereocenters. The van der Waals surface area contributed by atoms with Crippen molar-refractivity contribution in [2.24, 2.45) is 5.73 Å². The maximum atomic E-state index is 13.2. The smallest absolute Gasteiger partial charge is 0.126 e. The number of hydrogen-bond acceptors (Lipinski definition) is 3. The molecule has 0 fully saturated rings. The molecule has 0 bridgehead atoms. The van der Waals surface area contributed by atoms with E-state index >= 15 is 0 Å². The Labute approximate surface area is 128 Å². The van der Waals surface area contributed by atoms with Gasteiger partial charge in [0, 0.05) is 16.7 Å². The van der Waals surface area contributed by atoms with Crippen molar-refractivity contribution in [1.29, 1.82) is 0 Å². The van der Waals surface area contributed by atoms with Crippen LogP contribution in [-0.4, -0.2) is 13.7 Å². The minimum Gasteiger partial charge on any atom is -0.497 e. The molecule has 2 rings (SSSR count). The number of halogens is 2. The fourth-order valence-electron chi connectivity index (χ4n) is 1.97. The lowest BCUT2D eigenvalue weighted by molar-refractivity contribution is 0.300. The van der Waals surface area contributed by atoms with Crippen LogP contribution in [0.4, 0.5) is 4.39 Å². The van der Waals surface area contributed by atoms with Crippen molar-refractivity contribution in [1.82, 2.24) is 0 Å². The van der Waals surface area contributed by atoms with E-state index in [-0.39, 0.29) is 12.4 Å². The van der Waals surface area contributed by atoms with Gasteiger partial charge in [-0.05, 0) is 42.8 Å². The lowest BCUT2D eigenvalue weighted by Gasteiger charge is -2.13. The van der Waals surface area contributed by atoms with Crippen LogP contribution in [0.3, 0.4) is 0 Å². The zero-order valence-corrected chi connectivity index (χ0v) is 12.5. The van der Waals surface area contributed by atoms with Crippen LogP contribution >= 0.6 is 11.6 Å². The van der Waals surface area contributed by atoms with E-state index in [4.69, 9.17) is 26.8 Å². The number of ether oxygens (including phenoxy) is 2. The third-order valence-electron chi connectivity index (χ3n) is 3.08. The molecule has 0 heterocycles. The van der Waals surface area contributed by atoms with Gasteiger partial charge in [0.2, 0.25) is 0 Å². The van der Waals surface area contributed by atoms with Crippen molar-refractivity contribution < 1.29 is 13.9 Å². The predicted molar refractivity (Wildman–Crippen MR) is 81.5 cm³/mol. The Kier molecular flexibility index (Phi) is 5.42. The molecule has 0 saturated heterocycles. The van der Waals surface area contributed by atoms with Gasteiger partial charge >= 0.3 is 0 Å². The first-order valence-corrected chi connectivity index (χ1v) is 6.95. The molecule has 0 amide bonds. The first-order chi connectivity index (χ1) is 10.1. The van der Waals surface area contributed by atoms with Crippen molar-refractivity contribution in [3.05, 3.63) is 58.4 Å². The van der Waals surface area contributed by atoms with Crippen molar-refractivity contribution in [2.75, 3.05) is 13.7 Å². The van der Waals surface area contributed by atoms with E-state index in [1.54, 1.807) is 13.2 Å². The molecule has 112 valence electrons. The van der Waals surface area contributed by atoms with E-state index in [1.807, 2.05) is 12.1 Å². The second kappa shape index (κ2) is 7.29. The van der Waals surface area contributed by atoms with Crippen LogP contribution in [0.5, 0.6) is 11.5 Å². The summed E-state index contributed by atoms with van der Waals surface area (Å²) in [4.78, 5) is 0. The van der Waals surface area contributed by atoms with E-state index in [0.29, 0.717) is 35.1 Å². The highest BCUT2D eigenvalue weighted by molar-refractivity contribution is 6.31. The van der Waals surface area contributed by atoms with Crippen LogP contribution in [0.2, 0.25) is 5.02 Å². The van der Waals surface area contributed by atoms with Gasteiger partial charge in [-0.15, -0.1) is 0 Å². The fraction of sp³-hybridized carbons (Fsp3) is 0.250. The third kappa shape index (κ3) is 4.09. The zero-order valence-electron chi connectivity index (χ0n) is 11.7. The number of methoxy groups -OCH3 is 1. The van der Waals surface area contributed by atoms with Gasteiger partial charge in [-0.25, -0.2) is 4.39 Å². The molecule has 0 atom stereocenters. The van der Waals surface area contributed by atoms with Gasteiger partial charge in [-0.2, -0.15) is 0 Å². The summed E-state index contributed by atoms with van der Waals surface area (Å²) >= 11 is 6.03. The molecule has 0 saturated carbocycles. The third-order valence-corrected chi connectivity index (χ3v) is 3.45. The molecular formula is C16H17ClFNO2. The summed E-state index contributed by atoms with van der Waals surface area (Å²) < 4.78 is 24.2. The Balaban J connectivity index is 2.19. The normalized spacial score (nSPS) is 10.5. The van der Waals surface area contributed by atoms with Crippen LogP contribution in [-0.2, 0) is 13.0 Å². The molecule has 2 N–H and O–H groups in total. The summed E-state index contributed by atoms with van der Waals surface area (Å²) in [6.07, 6.45) is 0.691. The minimum atomic E-state index is -0.342. The van der Waals surface area contributed by atoms with Crippen LogP contribution in [0.1, 0.15) is 11.1 Å². The van der Waals surface area contributed by atoms with Gasteiger partial charge in [-0.3, -0.25) is 0 Å². The first-order valence-electron chi connectivity index (χ1n) is 6.57. The lowest BCUT2D eigenvalue weighted by Crippen LogP contribution is -2.06. The minimum absolute atomic E-state index is 0.182. The molecule has 5 heteroatoms. The summed E-state index contributed by atoms with van der Waals surface area (Å²) in [6, 6.07) is 9.75. The van der Waals surface area contributed by atoms with E-state index in [2.05, 4.69) is 0 Å². The van der Waals surface area contributed by atoms with Gasteiger partial charge in [0.05, 0.1) is 7.11 Å². The largest absolute Gasteiger partial charge is 0.497 e. The van der Waals surface area contributed by atoms with Gasteiger partial charge in [0.15, 0.2) is 0 Å². The predicted octanol–water partition coefficient (Wildman–Crippen LogP) is 3.57. The average molecular weight is 310 g/mol. The number of rotatable bonds is 6. The SMILES string of the molecule is COc1ccc(CCN)c(OCc2cc(F)ccc2Cl)c1. The van der Waals surface area contributed by atoms with E-state index < -0.39 is 0 Å². The monoisotopic (exact) mass is 309 g/mol. The van der Waals surface area contributed by atoms with E-state index in [9.17, 15) is 4.39 Å².